The molecule has 0 aliphatic carbocycles. The molecule has 0 fully saturated rings. The SMILES string of the molecule is O=C(O)c1ccc(OC(F)C(F)C(F)F)cc1. The molecular formula is C10H8F4O3. The summed E-state index contributed by atoms with van der Waals surface area (Å²) in [5.74, 6) is -1.44. The smallest absolute Gasteiger partial charge is 0.335 e. The van der Waals surface area contributed by atoms with Gasteiger partial charge in [-0.25, -0.2) is 18.0 Å². The average molecular weight is 252 g/mol. The fraction of sp³-hybridized carbons (Fsp3) is 0.300. The fourth-order valence-corrected chi connectivity index (χ4v) is 0.985. The Hall–Kier alpha value is -1.79. The number of ether oxygens (including phenoxy) is 1. The van der Waals surface area contributed by atoms with E-state index in [1.54, 1.807) is 0 Å². The van der Waals surface area contributed by atoms with Crippen molar-refractivity contribution in [1.29, 1.82) is 0 Å². The number of carboxylic acids is 1. The minimum atomic E-state index is -3.48. The molecule has 0 aliphatic rings. The quantitative estimate of drug-likeness (QED) is 0.819. The lowest BCUT2D eigenvalue weighted by Gasteiger charge is -2.14. The maximum absolute atomic E-state index is 12.8. The first-order valence-corrected chi connectivity index (χ1v) is 4.48. The standard InChI is InChI=1S/C10H8F4O3/c11-7(8(12)13)9(14)17-6-3-1-5(2-4-6)10(15)16/h1-4,7-9H,(H,15,16). The van der Waals surface area contributed by atoms with Crippen LogP contribution in [0, 0.1) is 0 Å². The Morgan fingerprint density at radius 2 is 1.65 bits per heavy atom. The van der Waals surface area contributed by atoms with E-state index < -0.39 is 24.9 Å². The lowest BCUT2D eigenvalue weighted by atomic mass is 10.2. The second kappa shape index (κ2) is 5.51. The topological polar surface area (TPSA) is 46.5 Å². The van der Waals surface area contributed by atoms with Gasteiger partial charge in [0.15, 0.2) is 0 Å². The molecule has 0 saturated carbocycles. The Morgan fingerprint density at radius 1 is 1.12 bits per heavy atom. The third-order valence-corrected chi connectivity index (χ3v) is 1.84. The van der Waals surface area contributed by atoms with Crippen LogP contribution in [0.15, 0.2) is 24.3 Å². The minimum absolute atomic E-state index is 0.0848. The van der Waals surface area contributed by atoms with Crippen LogP contribution in [0.5, 0.6) is 5.75 Å². The summed E-state index contributed by atoms with van der Waals surface area (Å²) in [6, 6.07) is 4.27. The van der Waals surface area contributed by atoms with E-state index in [-0.39, 0.29) is 11.3 Å². The van der Waals surface area contributed by atoms with Gasteiger partial charge < -0.3 is 9.84 Å². The predicted molar refractivity (Wildman–Crippen MR) is 49.8 cm³/mol. The number of hydrogen-bond acceptors (Lipinski definition) is 2. The molecular weight excluding hydrogens is 244 g/mol. The highest BCUT2D eigenvalue weighted by atomic mass is 19.3. The van der Waals surface area contributed by atoms with Crippen LogP contribution in [0.2, 0.25) is 0 Å². The minimum Gasteiger partial charge on any atom is -0.478 e. The first kappa shape index (κ1) is 13.3. The first-order valence-electron chi connectivity index (χ1n) is 4.48. The molecule has 0 bridgehead atoms. The van der Waals surface area contributed by atoms with E-state index >= 15 is 0 Å². The number of hydrogen-bond donors (Lipinski definition) is 1. The molecule has 1 aromatic carbocycles. The van der Waals surface area contributed by atoms with Crippen molar-refractivity contribution in [3.05, 3.63) is 29.8 Å². The normalized spacial score (nSPS) is 14.4. The summed E-state index contributed by atoms with van der Waals surface area (Å²) in [6.45, 7) is 0. The first-order chi connectivity index (χ1) is 7.91. The van der Waals surface area contributed by atoms with Crippen molar-refractivity contribution in [1.82, 2.24) is 0 Å². The summed E-state index contributed by atoms with van der Waals surface area (Å²) >= 11 is 0. The summed E-state index contributed by atoms with van der Waals surface area (Å²) in [5, 5.41) is 8.54. The molecule has 3 nitrogen and oxygen atoms in total. The Morgan fingerprint density at radius 3 is 2.06 bits per heavy atom. The molecule has 0 radical (unpaired) electrons. The maximum atomic E-state index is 12.8. The van der Waals surface area contributed by atoms with Gasteiger partial charge >= 0.3 is 5.97 Å². The van der Waals surface area contributed by atoms with Crippen molar-refractivity contribution in [2.75, 3.05) is 0 Å². The molecule has 2 unspecified atom stereocenters. The van der Waals surface area contributed by atoms with Crippen LogP contribution in [0.4, 0.5) is 17.6 Å². The van der Waals surface area contributed by atoms with Crippen LogP contribution in [-0.4, -0.2) is 30.0 Å². The Labute approximate surface area is 93.6 Å². The summed E-state index contributed by atoms with van der Waals surface area (Å²) in [7, 11) is 0. The zero-order valence-electron chi connectivity index (χ0n) is 8.32. The summed E-state index contributed by atoms with van der Waals surface area (Å²) in [6.07, 6.45) is -9.33. The number of carboxylic acid groups (broad SMARTS) is 1. The third kappa shape index (κ3) is 3.61. The highest BCUT2D eigenvalue weighted by molar-refractivity contribution is 5.87. The summed E-state index contributed by atoms with van der Waals surface area (Å²) < 4.78 is 53.1. The summed E-state index contributed by atoms with van der Waals surface area (Å²) in [4.78, 5) is 10.5. The van der Waals surface area contributed by atoms with E-state index in [9.17, 15) is 22.4 Å². The second-order valence-electron chi connectivity index (χ2n) is 3.08. The average Bonchev–Trinajstić information content (AvgIpc) is 2.28. The Kier molecular flexibility index (Phi) is 4.30. The zero-order chi connectivity index (χ0) is 13.0. The van der Waals surface area contributed by atoms with Gasteiger partial charge in [0.25, 0.3) is 12.8 Å². The van der Waals surface area contributed by atoms with Crippen molar-refractivity contribution in [3.63, 3.8) is 0 Å². The molecule has 0 amide bonds. The number of halogens is 4. The van der Waals surface area contributed by atoms with Gasteiger partial charge in [0.05, 0.1) is 5.56 Å². The van der Waals surface area contributed by atoms with Crippen molar-refractivity contribution in [3.8, 4) is 5.75 Å². The van der Waals surface area contributed by atoms with Gasteiger partial charge in [-0.1, -0.05) is 0 Å². The number of aromatic carboxylic acids is 1. The van der Waals surface area contributed by atoms with E-state index in [1.807, 2.05) is 0 Å². The molecule has 0 spiro atoms. The molecule has 0 heterocycles. The van der Waals surface area contributed by atoms with Crippen LogP contribution in [0.1, 0.15) is 10.4 Å². The predicted octanol–water partition coefficient (Wildman–Crippen LogP) is 2.66. The van der Waals surface area contributed by atoms with E-state index in [2.05, 4.69) is 4.74 Å². The molecule has 0 aliphatic heterocycles. The monoisotopic (exact) mass is 252 g/mol. The van der Waals surface area contributed by atoms with Gasteiger partial charge in [0.1, 0.15) is 5.75 Å². The number of rotatable bonds is 5. The van der Waals surface area contributed by atoms with Crippen LogP contribution in [0.3, 0.4) is 0 Å². The van der Waals surface area contributed by atoms with Gasteiger partial charge in [0, 0.05) is 0 Å². The molecule has 1 rings (SSSR count). The fourth-order valence-electron chi connectivity index (χ4n) is 0.985. The summed E-state index contributed by atoms with van der Waals surface area (Å²) in [5.41, 5.74) is -0.0848. The van der Waals surface area contributed by atoms with Gasteiger partial charge in [-0.05, 0) is 24.3 Å². The highest BCUT2D eigenvalue weighted by Crippen LogP contribution is 2.19. The molecule has 0 saturated heterocycles. The van der Waals surface area contributed by atoms with Crippen molar-refractivity contribution in [2.24, 2.45) is 0 Å². The third-order valence-electron chi connectivity index (χ3n) is 1.84. The number of alkyl halides is 4. The van der Waals surface area contributed by atoms with Gasteiger partial charge in [-0.2, -0.15) is 4.39 Å². The van der Waals surface area contributed by atoms with Crippen molar-refractivity contribution in [2.45, 2.75) is 19.0 Å². The Bertz CT molecular complexity index is 380. The van der Waals surface area contributed by atoms with E-state index in [0.29, 0.717) is 0 Å². The largest absolute Gasteiger partial charge is 0.478 e. The number of benzene rings is 1. The van der Waals surface area contributed by atoms with Crippen LogP contribution >= 0.6 is 0 Å². The molecule has 1 aromatic rings. The van der Waals surface area contributed by atoms with Crippen LogP contribution in [0.25, 0.3) is 0 Å². The van der Waals surface area contributed by atoms with Crippen molar-refractivity contribution >= 4 is 5.97 Å². The lowest BCUT2D eigenvalue weighted by Crippen LogP contribution is -2.29. The van der Waals surface area contributed by atoms with E-state index in [0.717, 1.165) is 24.3 Å². The molecule has 94 valence electrons. The van der Waals surface area contributed by atoms with E-state index in [4.69, 9.17) is 5.11 Å². The Balaban J connectivity index is 2.66. The molecule has 17 heavy (non-hydrogen) atoms. The zero-order valence-corrected chi connectivity index (χ0v) is 8.32. The number of carbonyl (C=O) groups is 1. The van der Waals surface area contributed by atoms with Gasteiger partial charge in [-0.3, -0.25) is 0 Å². The molecule has 7 heteroatoms. The van der Waals surface area contributed by atoms with Crippen molar-refractivity contribution < 1.29 is 32.2 Å². The molecule has 2 atom stereocenters. The lowest BCUT2D eigenvalue weighted by molar-refractivity contribution is -0.0750. The van der Waals surface area contributed by atoms with E-state index in [1.165, 1.54) is 0 Å². The highest BCUT2D eigenvalue weighted by Gasteiger charge is 2.31. The molecule has 1 N–H and O–H groups in total. The van der Waals surface area contributed by atoms with Crippen LogP contribution in [-0.2, 0) is 0 Å². The maximum Gasteiger partial charge on any atom is 0.335 e. The van der Waals surface area contributed by atoms with Gasteiger partial charge in [-0.15, -0.1) is 0 Å². The van der Waals surface area contributed by atoms with Crippen LogP contribution < -0.4 is 4.74 Å². The second-order valence-corrected chi connectivity index (χ2v) is 3.08. The molecule has 0 aromatic heterocycles. The van der Waals surface area contributed by atoms with Gasteiger partial charge in [0.2, 0.25) is 6.17 Å².